The van der Waals surface area contributed by atoms with Crippen molar-refractivity contribution in [1.82, 2.24) is 9.80 Å². The van der Waals surface area contributed by atoms with Crippen molar-refractivity contribution >= 4 is 23.4 Å². The molecule has 1 saturated heterocycles. The molecule has 2 aliphatic rings. The second-order valence-electron chi connectivity index (χ2n) is 11.1. The molecule has 1 heterocycles. The van der Waals surface area contributed by atoms with Crippen LogP contribution in [0.5, 0.6) is 11.5 Å². The van der Waals surface area contributed by atoms with Crippen LogP contribution in [-0.2, 0) is 10.4 Å². The van der Waals surface area contributed by atoms with E-state index in [0.717, 1.165) is 36.3 Å². The zero-order valence-electron chi connectivity index (χ0n) is 23.4. The van der Waals surface area contributed by atoms with Crippen LogP contribution in [0.2, 0.25) is 5.02 Å². The summed E-state index contributed by atoms with van der Waals surface area (Å²) in [4.78, 5) is 27.9. The number of alkyl halides is 3. The molecule has 0 radical (unpaired) electrons. The number of piperidine rings is 1. The van der Waals surface area contributed by atoms with Crippen LogP contribution in [0.3, 0.4) is 0 Å². The molecule has 0 spiro atoms. The van der Waals surface area contributed by atoms with Gasteiger partial charge in [-0.05, 0) is 81.2 Å². The second kappa shape index (κ2) is 12.5. The minimum atomic E-state index is -5.20. The monoisotopic (exact) mass is 596 g/mol. The molecule has 1 atom stereocenters. The first-order chi connectivity index (χ1) is 19.3. The van der Waals surface area contributed by atoms with E-state index < -0.39 is 23.2 Å². The molecule has 0 aromatic heterocycles. The molecule has 2 aromatic carbocycles. The number of rotatable bonds is 9. The predicted octanol–water partition coefficient (Wildman–Crippen LogP) is 5.68. The minimum absolute atomic E-state index is 0.0300. The third-order valence-electron chi connectivity index (χ3n) is 7.92. The van der Waals surface area contributed by atoms with E-state index in [0.29, 0.717) is 35.1 Å². The summed E-state index contributed by atoms with van der Waals surface area (Å²) in [6.07, 6.45) is -1.44. The summed E-state index contributed by atoms with van der Waals surface area (Å²) in [6, 6.07) is 10.0. The molecule has 41 heavy (non-hydrogen) atoms. The first-order valence-electron chi connectivity index (χ1n) is 13.8. The number of halogens is 4. The Hall–Kier alpha value is -2.98. The van der Waals surface area contributed by atoms with Crippen LogP contribution in [-0.4, -0.2) is 72.8 Å². The van der Waals surface area contributed by atoms with Crippen molar-refractivity contribution in [2.45, 2.75) is 56.9 Å². The summed E-state index contributed by atoms with van der Waals surface area (Å²) < 4.78 is 53.7. The lowest BCUT2D eigenvalue weighted by molar-refractivity contribution is -0.262. The summed E-state index contributed by atoms with van der Waals surface area (Å²) in [6.45, 7) is 2.23. The molecule has 2 aromatic rings. The van der Waals surface area contributed by atoms with Gasteiger partial charge in [0, 0.05) is 32.7 Å². The Kier molecular flexibility index (Phi) is 9.43. The minimum Gasteiger partial charge on any atom is -0.494 e. The summed E-state index contributed by atoms with van der Waals surface area (Å²) in [5.41, 5.74) is -3.79. The van der Waals surface area contributed by atoms with Gasteiger partial charge in [-0.3, -0.25) is 9.59 Å². The molecular formula is C30H36ClF3N2O5. The molecule has 1 aliphatic carbocycles. The predicted molar refractivity (Wildman–Crippen MR) is 148 cm³/mol. The molecule has 1 saturated carbocycles. The summed E-state index contributed by atoms with van der Waals surface area (Å²) in [5, 5.41) is 11.1. The van der Waals surface area contributed by atoms with E-state index in [9.17, 15) is 27.9 Å². The summed E-state index contributed by atoms with van der Waals surface area (Å²) in [7, 11) is 3.32. The maximum Gasteiger partial charge on any atom is 0.430 e. The molecule has 0 bridgehead atoms. The molecule has 4 rings (SSSR count). The van der Waals surface area contributed by atoms with Gasteiger partial charge in [0.05, 0.1) is 23.3 Å². The van der Waals surface area contributed by atoms with Gasteiger partial charge < -0.3 is 24.4 Å². The number of hydrogen-bond donors (Lipinski definition) is 1. The van der Waals surface area contributed by atoms with Crippen LogP contribution in [0.1, 0.15) is 54.9 Å². The second-order valence-corrected chi connectivity index (χ2v) is 11.5. The van der Waals surface area contributed by atoms with Gasteiger partial charge in [-0.25, -0.2) is 0 Å². The fraction of sp³-hybridized carbons (Fsp3) is 0.533. The molecule has 224 valence electrons. The number of carbonyl (C=O) groups excluding carboxylic acids is 2. The number of nitrogens with zero attached hydrogens (tertiary/aromatic N) is 2. The Bertz CT molecular complexity index is 1240. The lowest BCUT2D eigenvalue weighted by Crippen LogP contribution is -2.57. The van der Waals surface area contributed by atoms with Gasteiger partial charge in [0.25, 0.3) is 17.4 Å². The van der Waals surface area contributed by atoms with E-state index in [4.69, 9.17) is 21.1 Å². The lowest BCUT2D eigenvalue weighted by atomic mass is 9.74. The molecule has 7 nitrogen and oxygen atoms in total. The molecule has 2 amide bonds. The highest BCUT2D eigenvalue weighted by Gasteiger charge is 2.62. The number of aliphatic hydroxyl groups is 1. The lowest BCUT2D eigenvalue weighted by Gasteiger charge is -2.41. The molecule has 1 unspecified atom stereocenters. The van der Waals surface area contributed by atoms with Crippen molar-refractivity contribution in [2.24, 2.45) is 11.8 Å². The number of carbonyl (C=O) groups is 2. The number of ether oxygens (including phenoxy) is 2. The smallest absolute Gasteiger partial charge is 0.430 e. The van der Waals surface area contributed by atoms with Gasteiger partial charge in [-0.1, -0.05) is 23.7 Å². The zero-order valence-corrected chi connectivity index (χ0v) is 24.2. The first-order valence-corrected chi connectivity index (χ1v) is 14.2. The number of likely N-dealkylation sites (tertiary alicyclic amines) is 1. The van der Waals surface area contributed by atoms with Crippen molar-refractivity contribution in [3.05, 3.63) is 58.6 Å². The Balaban J connectivity index is 1.28. The van der Waals surface area contributed by atoms with Crippen LogP contribution in [0.15, 0.2) is 42.5 Å². The molecule has 1 aliphatic heterocycles. The third-order valence-corrected chi connectivity index (χ3v) is 8.24. The first kappa shape index (κ1) is 31.0. The van der Waals surface area contributed by atoms with Crippen LogP contribution in [0, 0.1) is 11.8 Å². The van der Waals surface area contributed by atoms with Gasteiger partial charge in [-0.2, -0.15) is 13.2 Å². The van der Waals surface area contributed by atoms with Gasteiger partial charge in [0.1, 0.15) is 11.5 Å². The normalized spacial score (nSPS) is 21.0. The highest BCUT2D eigenvalue weighted by atomic mass is 35.5. The molecule has 11 heteroatoms. The molecular weight excluding hydrogens is 561 g/mol. The molecule has 1 N–H and O–H groups in total. The van der Waals surface area contributed by atoms with E-state index in [1.807, 2.05) is 0 Å². The largest absolute Gasteiger partial charge is 0.494 e. The SMILES string of the molecule is CCOc1cccc(C(O)(C(=O)N2CCC(CC3CC(Oc4ccc(C(=O)N(C)C)c(Cl)c4)C3)CC2)C(F)(F)F)c1. The Morgan fingerprint density at radius 3 is 2.32 bits per heavy atom. The van der Waals surface area contributed by atoms with Crippen molar-refractivity contribution in [3.63, 3.8) is 0 Å². The quantitative estimate of drug-likeness (QED) is 0.403. The Morgan fingerprint density at radius 1 is 1.05 bits per heavy atom. The number of amides is 2. The Labute approximate surface area is 243 Å². The fourth-order valence-corrected chi connectivity index (χ4v) is 5.85. The Morgan fingerprint density at radius 2 is 1.73 bits per heavy atom. The maximum atomic E-state index is 14.1. The van der Waals surface area contributed by atoms with Gasteiger partial charge in [0.15, 0.2) is 0 Å². The standard InChI is InChI=1S/C30H36ClF3N2O5/c1-4-40-22-7-5-6-21(17-22)29(39,30(32,33)34)28(38)36-12-10-19(11-13-36)14-20-15-24(16-20)41-23-8-9-25(26(31)18-23)27(37)35(2)3/h5-9,17-20,24,39H,4,10-16H2,1-3H3. The highest BCUT2D eigenvalue weighted by Crippen LogP contribution is 2.43. The highest BCUT2D eigenvalue weighted by molar-refractivity contribution is 6.34. The van der Waals surface area contributed by atoms with Crippen molar-refractivity contribution < 1.29 is 37.3 Å². The van der Waals surface area contributed by atoms with Gasteiger partial charge in [0.2, 0.25) is 0 Å². The van der Waals surface area contributed by atoms with Crippen molar-refractivity contribution in [2.75, 3.05) is 33.8 Å². The zero-order chi connectivity index (χ0) is 29.9. The number of benzene rings is 2. The molecule has 2 fully saturated rings. The van der Waals surface area contributed by atoms with Gasteiger partial charge >= 0.3 is 6.18 Å². The van der Waals surface area contributed by atoms with Crippen LogP contribution < -0.4 is 9.47 Å². The van der Waals surface area contributed by atoms with Crippen molar-refractivity contribution in [1.29, 1.82) is 0 Å². The fourth-order valence-electron chi connectivity index (χ4n) is 5.60. The number of hydrogen-bond acceptors (Lipinski definition) is 5. The van der Waals surface area contributed by atoms with E-state index in [1.165, 1.54) is 17.0 Å². The van der Waals surface area contributed by atoms with Crippen LogP contribution in [0.4, 0.5) is 13.2 Å². The summed E-state index contributed by atoms with van der Waals surface area (Å²) >= 11 is 6.27. The van der Waals surface area contributed by atoms with E-state index in [2.05, 4.69) is 0 Å². The maximum absolute atomic E-state index is 14.1. The topological polar surface area (TPSA) is 79.3 Å². The average Bonchev–Trinajstić information content (AvgIpc) is 2.90. The van der Waals surface area contributed by atoms with Crippen LogP contribution >= 0.6 is 11.6 Å². The summed E-state index contributed by atoms with van der Waals surface area (Å²) in [5.74, 6) is -0.0872. The van der Waals surface area contributed by atoms with E-state index in [-0.39, 0.29) is 43.4 Å². The van der Waals surface area contributed by atoms with Crippen LogP contribution in [0.25, 0.3) is 0 Å². The third kappa shape index (κ3) is 6.75. The van der Waals surface area contributed by atoms with E-state index in [1.54, 1.807) is 39.2 Å². The average molecular weight is 597 g/mol. The van der Waals surface area contributed by atoms with Gasteiger partial charge in [-0.15, -0.1) is 0 Å². The van der Waals surface area contributed by atoms with Crippen molar-refractivity contribution in [3.8, 4) is 11.5 Å². The van der Waals surface area contributed by atoms with E-state index >= 15 is 0 Å².